The first kappa shape index (κ1) is 12.4. The molecule has 3 heteroatoms. The Bertz CT molecular complexity index is 527. The Morgan fingerprint density at radius 1 is 1.06 bits per heavy atom. The molecule has 0 saturated carbocycles. The second kappa shape index (κ2) is 4.65. The predicted molar refractivity (Wildman–Crippen MR) is 69.6 cm³/mol. The van der Waals surface area contributed by atoms with E-state index in [1.807, 2.05) is 13.0 Å². The summed E-state index contributed by atoms with van der Waals surface area (Å²) in [4.78, 5) is 0.456. The van der Waals surface area contributed by atoms with Crippen LogP contribution in [0.5, 0.6) is 0 Å². The van der Waals surface area contributed by atoms with Crippen LogP contribution in [0.4, 0.5) is 0 Å². The molecule has 2 nitrogen and oxygen atoms in total. The highest BCUT2D eigenvalue weighted by atomic mass is 32.2. The van der Waals surface area contributed by atoms with Crippen molar-refractivity contribution in [1.29, 1.82) is 0 Å². The molecule has 0 amide bonds. The zero-order valence-corrected chi connectivity index (χ0v) is 11.1. The van der Waals surface area contributed by atoms with Crippen LogP contribution in [0.2, 0.25) is 0 Å². The average molecular weight is 250 g/mol. The zero-order valence-electron chi connectivity index (χ0n) is 10.3. The van der Waals surface area contributed by atoms with Crippen molar-refractivity contribution in [1.82, 2.24) is 0 Å². The van der Waals surface area contributed by atoms with Crippen molar-refractivity contribution in [2.24, 2.45) is 0 Å². The molecule has 0 N–H and O–H groups in total. The van der Waals surface area contributed by atoms with Gasteiger partial charge in [-0.15, -0.1) is 0 Å². The molecule has 1 aliphatic carbocycles. The van der Waals surface area contributed by atoms with E-state index in [4.69, 9.17) is 0 Å². The highest BCUT2D eigenvalue weighted by Crippen LogP contribution is 2.31. The van der Waals surface area contributed by atoms with Crippen LogP contribution in [-0.2, 0) is 9.84 Å². The summed E-state index contributed by atoms with van der Waals surface area (Å²) in [6.07, 6.45) is 2.34. The van der Waals surface area contributed by atoms with Gasteiger partial charge in [-0.3, -0.25) is 0 Å². The standard InChI is InChI=1S/C14H18O2S/c1-11-8-9-14(10-12(11)2)17(15,16)13-6-4-3-5-7-13/h3-7,14H,8-10H2,1-2H3/t14-/m0/s1. The van der Waals surface area contributed by atoms with Crippen LogP contribution in [0.25, 0.3) is 0 Å². The van der Waals surface area contributed by atoms with Gasteiger partial charge in [-0.05, 0) is 45.2 Å². The Morgan fingerprint density at radius 3 is 2.29 bits per heavy atom. The summed E-state index contributed by atoms with van der Waals surface area (Å²) >= 11 is 0. The van der Waals surface area contributed by atoms with E-state index in [2.05, 4.69) is 6.92 Å². The van der Waals surface area contributed by atoms with Crippen molar-refractivity contribution < 1.29 is 8.42 Å². The van der Waals surface area contributed by atoms with E-state index < -0.39 is 9.84 Å². The summed E-state index contributed by atoms with van der Waals surface area (Å²) in [5.41, 5.74) is 2.59. The van der Waals surface area contributed by atoms with Crippen molar-refractivity contribution in [2.75, 3.05) is 0 Å². The lowest BCUT2D eigenvalue weighted by Crippen LogP contribution is -2.24. The third-order valence-electron chi connectivity index (χ3n) is 3.61. The minimum atomic E-state index is -3.15. The van der Waals surface area contributed by atoms with Crippen LogP contribution < -0.4 is 0 Å². The summed E-state index contributed by atoms with van der Waals surface area (Å²) < 4.78 is 24.8. The number of benzene rings is 1. The van der Waals surface area contributed by atoms with Crippen molar-refractivity contribution in [3.8, 4) is 0 Å². The van der Waals surface area contributed by atoms with Gasteiger partial charge in [-0.25, -0.2) is 8.42 Å². The molecule has 1 aliphatic rings. The molecular formula is C14H18O2S. The van der Waals surface area contributed by atoms with Crippen LogP contribution in [0.3, 0.4) is 0 Å². The lowest BCUT2D eigenvalue weighted by Gasteiger charge is -2.24. The summed E-state index contributed by atoms with van der Waals surface area (Å²) in [7, 11) is -3.15. The fraction of sp³-hybridized carbons (Fsp3) is 0.429. The molecular weight excluding hydrogens is 232 g/mol. The van der Waals surface area contributed by atoms with Gasteiger partial charge in [0.15, 0.2) is 9.84 Å². The van der Waals surface area contributed by atoms with E-state index in [-0.39, 0.29) is 5.25 Å². The molecule has 1 aromatic carbocycles. The Kier molecular flexibility index (Phi) is 3.38. The first-order valence-corrected chi connectivity index (χ1v) is 7.50. The van der Waals surface area contributed by atoms with E-state index in [9.17, 15) is 8.42 Å². The highest BCUT2D eigenvalue weighted by Gasteiger charge is 2.29. The molecule has 17 heavy (non-hydrogen) atoms. The van der Waals surface area contributed by atoms with E-state index in [1.54, 1.807) is 24.3 Å². The number of sulfone groups is 1. The SMILES string of the molecule is CC1=C(C)C[C@@H](S(=O)(=O)c2ccccc2)CC1. The molecule has 0 radical (unpaired) electrons. The minimum Gasteiger partial charge on any atom is -0.223 e. The van der Waals surface area contributed by atoms with Crippen molar-refractivity contribution in [3.05, 3.63) is 41.5 Å². The maximum Gasteiger partial charge on any atom is 0.181 e. The molecule has 0 fully saturated rings. The van der Waals surface area contributed by atoms with Crippen LogP contribution in [0, 0.1) is 0 Å². The van der Waals surface area contributed by atoms with Gasteiger partial charge in [-0.2, -0.15) is 0 Å². The largest absolute Gasteiger partial charge is 0.223 e. The maximum atomic E-state index is 12.4. The fourth-order valence-corrected chi connectivity index (χ4v) is 4.10. The molecule has 0 spiro atoms. The Balaban J connectivity index is 2.30. The van der Waals surface area contributed by atoms with Crippen molar-refractivity contribution >= 4 is 9.84 Å². The summed E-state index contributed by atoms with van der Waals surface area (Å²) in [5, 5.41) is -0.242. The van der Waals surface area contributed by atoms with Crippen LogP contribution >= 0.6 is 0 Å². The van der Waals surface area contributed by atoms with E-state index in [0.29, 0.717) is 11.3 Å². The molecule has 1 aromatic rings. The first-order valence-electron chi connectivity index (χ1n) is 5.96. The van der Waals surface area contributed by atoms with Gasteiger partial charge in [0.1, 0.15) is 0 Å². The van der Waals surface area contributed by atoms with Gasteiger partial charge >= 0.3 is 0 Å². The summed E-state index contributed by atoms with van der Waals surface area (Å²) in [6, 6.07) is 8.79. The Hall–Kier alpha value is -1.09. The van der Waals surface area contributed by atoms with Gasteiger partial charge in [0.2, 0.25) is 0 Å². The minimum absolute atomic E-state index is 0.242. The molecule has 1 atom stereocenters. The van der Waals surface area contributed by atoms with Gasteiger partial charge in [0.25, 0.3) is 0 Å². The third-order valence-corrected chi connectivity index (χ3v) is 5.82. The lowest BCUT2D eigenvalue weighted by atomic mass is 9.94. The van der Waals surface area contributed by atoms with E-state index in [1.165, 1.54) is 11.1 Å². The first-order chi connectivity index (χ1) is 8.01. The average Bonchev–Trinajstić information content (AvgIpc) is 2.33. The van der Waals surface area contributed by atoms with Crippen LogP contribution in [0.15, 0.2) is 46.4 Å². The third kappa shape index (κ3) is 2.44. The summed E-state index contributed by atoms with van der Waals surface area (Å²) in [5.74, 6) is 0. The fourth-order valence-electron chi connectivity index (χ4n) is 2.28. The number of allylic oxidation sites excluding steroid dienone is 2. The molecule has 92 valence electrons. The Morgan fingerprint density at radius 2 is 1.71 bits per heavy atom. The molecule has 0 bridgehead atoms. The lowest BCUT2D eigenvalue weighted by molar-refractivity contribution is 0.559. The predicted octanol–water partition coefficient (Wildman–Crippen LogP) is 3.35. The quantitative estimate of drug-likeness (QED) is 0.754. The Labute approximate surface area is 103 Å². The zero-order chi connectivity index (χ0) is 12.5. The van der Waals surface area contributed by atoms with Crippen LogP contribution in [0.1, 0.15) is 33.1 Å². The number of rotatable bonds is 2. The highest BCUT2D eigenvalue weighted by molar-refractivity contribution is 7.92. The second-order valence-corrected chi connectivity index (χ2v) is 7.01. The second-order valence-electron chi connectivity index (χ2n) is 4.78. The van der Waals surface area contributed by atoms with Crippen molar-refractivity contribution in [2.45, 2.75) is 43.3 Å². The molecule has 0 unspecified atom stereocenters. The molecule has 2 rings (SSSR count). The number of hydrogen-bond acceptors (Lipinski definition) is 2. The van der Waals surface area contributed by atoms with Crippen LogP contribution in [-0.4, -0.2) is 13.7 Å². The summed E-state index contributed by atoms with van der Waals surface area (Å²) in [6.45, 7) is 4.14. The monoisotopic (exact) mass is 250 g/mol. The molecule has 0 aromatic heterocycles. The van der Waals surface area contributed by atoms with E-state index >= 15 is 0 Å². The van der Waals surface area contributed by atoms with E-state index in [0.717, 1.165) is 12.8 Å². The normalized spacial score (nSPS) is 21.6. The maximum absolute atomic E-state index is 12.4. The molecule has 0 saturated heterocycles. The van der Waals surface area contributed by atoms with Crippen molar-refractivity contribution in [3.63, 3.8) is 0 Å². The molecule has 0 aliphatic heterocycles. The number of hydrogen-bond donors (Lipinski definition) is 0. The molecule has 0 heterocycles. The van der Waals surface area contributed by atoms with Gasteiger partial charge < -0.3 is 0 Å². The van der Waals surface area contributed by atoms with Gasteiger partial charge in [0, 0.05) is 0 Å². The topological polar surface area (TPSA) is 34.1 Å². The van der Waals surface area contributed by atoms with Gasteiger partial charge in [0.05, 0.1) is 10.1 Å². The van der Waals surface area contributed by atoms with Gasteiger partial charge in [-0.1, -0.05) is 29.3 Å². The smallest absolute Gasteiger partial charge is 0.181 e.